The van der Waals surface area contributed by atoms with Gasteiger partial charge in [-0.3, -0.25) is 0 Å². The lowest BCUT2D eigenvalue weighted by Crippen LogP contribution is -2.42. The molecule has 2 nitrogen and oxygen atoms in total. The van der Waals surface area contributed by atoms with E-state index in [1.165, 1.54) is 32.5 Å². The van der Waals surface area contributed by atoms with Gasteiger partial charge in [0, 0.05) is 25.7 Å². The topological polar surface area (TPSA) is 15.3 Å². The maximum absolute atomic E-state index is 3.44. The van der Waals surface area contributed by atoms with Crippen LogP contribution >= 0.6 is 0 Å². The molecule has 0 bridgehead atoms. The van der Waals surface area contributed by atoms with E-state index in [0.717, 1.165) is 11.8 Å². The van der Waals surface area contributed by atoms with E-state index in [0.29, 0.717) is 6.04 Å². The van der Waals surface area contributed by atoms with Crippen LogP contribution in [-0.2, 0) is 0 Å². The maximum Gasteiger partial charge on any atom is 0.0191 e. The van der Waals surface area contributed by atoms with Gasteiger partial charge in [-0.25, -0.2) is 0 Å². The fraction of sp³-hybridized carbons (Fsp3) is 1.00. The number of nitrogens with zero attached hydrogens (tertiary/aromatic N) is 1. The molecule has 1 N–H and O–H groups in total. The van der Waals surface area contributed by atoms with Crippen molar-refractivity contribution in [3.63, 3.8) is 0 Å². The highest BCUT2D eigenvalue weighted by atomic mass is 15.1. The quantitative estimate of drug-likeness (QED) is 0.652. The third-order valence-corrected chi connectivity index (χ3v) is 2.77. The van der Waals surface area contributed by atoms with Gasteiger partial charge >= 0.3 is 0 Å². The first-order valence-corrected chi connectivity index (χ1v) is 6.89. The Labute approximate surface area is 103 Å². The summed E-state index contributed by atoms with van der Waals surface area (Å²) in [5, 5.41) is 3.44. The van der Waals surface area contributed by atoms with Gasteiger partial charge in [0.15, 0.2) is 0 Å². The molecule has 0 aromatic rings. The molecule has 98 valence electrons. The van der Waals surface area contributed by atoms with Gasteiger partial charge in [-0.15, -0.1) is 0 Å². The molecular weight excluding hydrogens is 196 g/mol. The molecule has 0 saturated heterocycles. The first-order chi connectivity index (χ1) is 7.49. The molecule has 0 aliphatic heterocycles. The zero-order valence-electron chi connectivity index (χ0n) is 12.2. The predicted octanol–water partition coefficient (Wildman–Crippen LogP) is 2.99. The van der Waals surface area contributed by atoms with Crippen molar-refractivity contribution in [3.8, 4) is 0 Å². The van der Waals surface area contributed by atoms with E-state index < -0.39 is 0 Å². The van der Waals surface area contributed by atoms with Crippen LogP contribution < -0.4 is 5.32 Å². The molecule has 1 unspecified atom stereocenters. The van der Waals surface area contributed by atoms with Crippen molar-refractivity contribution >= 4 is 0 Å². The summed E-state index contributed by atoms with van der Waals surface area (Å²) in [6.45, 7) is 15.1. The summed E-state index contributed by atoms with van der Waals surface area (Å²) in [5.74, 6) is 1.52. The Kier molecular flexibility index (Phi) is 8.96. The summed E-state index contributed by atoms with van der Waals surface area (Å²) in [4.78, 5) is 2.62. The average Bonchev–Trinajstić information content (AvgIpc) is 2.14. The molecule has 2 heteroatoms. The van der Waals surface area contributed by atoms with Crippen LogP contribution in [0.1, 0.15) is 47.5 Å². The van der Waals surface area contributed by atoms with E-state index in [9.17, 15) is 0 Å². The Morgan fingerprint density at radius 1 is 0.938 bits per heavy atom. The smallest absolute Gasteiger partial charge is 0.0191 e. The number of hydrogen-bond acceptors (Lipinski definition) is 2. The number of hydrogen-bond donors (Lipinski definition) is 1. The second kappa shape index (κ2) is 9.00. The van der Waals surface area contributed by atoms with Crippen LogP contribution in [-0.4, -0.2) is 37.6 Å². The van der Waals surface area contributed by atoms with Crippen molar-refractivity contribution in [1.29, 1.82) is 0 Å². The van der Waals surface area contributed by atoms with Crippen molar-refractivity contribution < 1.29 is 0 Å². The second-order valence-electron chi connectivity index (χ2n) is 5.78. The molecule has 0 radical (unpaired) electrons. The van der Waals surface area contributed by atoms with Gasteiger partial charge in [-0.2, -0.15) is 0 Å². The molecule has 0 aliphatic carbocycles. The summed E-state index contributed by atoms with van der Waals surface area (Å²) in [5.41, 5.74) is 0. The van der Waals surface area contributed by atoms with Crippen molar-refractivity contribution in [2.24, 2.45) is 11.8 Å². The van der Waals surface area contributed by atoms with Crippen LogP contribution in [0.25, 0.3) is 0 Å². The van der Waals surface area contributed by atoms with E-state index in [1.54, 1.807) is 0 Å². The first-order valence-electron chi connectivity index (χ1n) is 6.89. The number of nitrogens with one attached hydrogen (secondary N) is 1. The van der Waals surface area contributed by atoms with Crippen molar-refractivity contribution in [1.82, 2.24) is 10.2 Å². The van der Waals surface area contributed by atoms with Gasteiger partial charge < -0.3 is 10.2 Å². The predicted molar refractivity (Wildman–Crippen MR) is 73.9 cm³/mol. The zero-order chi connectivity index (χ0) is 12.6. The molecule has 0 aliphatic rings. The second-order valence-corrected chi connectivity index (χ2v) is 5.78. The van der Waals surface area contributed by atoms with Gasteiger partial charge in [0.2, 0.25) is 0 Å². The van der Waals surface area contributed by atoms with Crippen molar-refractivity contribution in [3.05, 3.63) is 0 Å². The minimum atomic E-state index is 0.655. The molecule has 0 fully saturated rings. The minimum absolute atomic E-state index is 0.655. The molecule has 16 heavy (non-hydrogen) atoms. The largest absolute Gasteiger partial charge is 0.316 e. The third-order valence-electron chi connectivity index (χ3n) is 2.77. The summed E-state index contributed by atoms with van der Waals surface area (Å²) < 4.78 is 0. The minimum Gasteiger partial charge on any atom is -0.316 e. The van der Waals surface area contributed by atoms with E-state index in [2.05, 4.69) is 51.9 Å². The Morgan fingerprint density at radius 2 is 1.44 bits per heavy atom. The zero-order valence-corrected chi connectivity index (χ0v) is 12.2. The van der Waals surface area contributed by atoms with Gasteiger partial charge in [0.25, 0.3) is 0 Å². The summed E-state index contributed by atoms with van der Waals surface area (Å²) in [6, 6.07) is 0.655. The molecule has 1 atom stereocenters. The van der Waals surface area contributed by atoms with Gasteiger partial charge in [-0.1, -0.05) is 41.0 Å². The highest BCUT2D eigenvalue weighted by Gasteiger charge is 2.14. The fourth-order valence-corrected chi connectivity index (χ4v) is 2.24. The molecule has 0 aromatic carbocycles. The Morgan fingerprint density at radius 3 is 1.75 bits per heavy atom. The Bertz CT molecular complexity index is 145. The van der Waals surface area contributed by atoms with Gasteiger partial charge in [-0.05, 0) is 25.3 Å². The molecular formula is C14H32N2. The monoisotopic (exact) mass is 228 g/mol. The highest BCUT2D eigenvalue weighted by Crippen LogP contribution is 2.07. The maximum atomic E-state index is 3.44. The molecule has 0 rings (SSSR count). The van der Waals surface area contributed by atoms with Gasteiger partial charge in [0.05, 0.1) is 0 Å². The average molecular weight is 228 g/mol. The molecule has 0 saturated carbocycles. The lowest BCUT2D eigenvalue weighted by atomic mass is 10.1. The summed E-state index contributed by atoms with van der Waals surface area (Å²) in [6.07, 6.45) is 2.55. The fourth-order valence-electron chi connectivity index (χ4n) is 2.24. The summed E-state index contributed by atoms with van der Waals surface area (Å²) >= 11 is 0. The highest BCUT2D eigenvalue weighted by molar-refractivity contribution is 4.72. The van der Waals surface area contributed by atoms with Crippen LogP contribution in [0.4, 0.5) is 0 Å². The molecule has 0 amide bonds. The number of likely N-dealkylation sites (N-methyl/N-ethyl adjacent to an activating group) is 1. The summed E-state index contributed by atoms with van der Waals surface area (Å²) in [7, 11) is 2.09. The van der Waals surface area contributed by atoms with E-state index >= 15 is 0 Å². The van der Waals surface area contributed by atoms with E-state index in [4.69, 9.17) is 0 Å². The normalized spacial score (nSPS) is 14.1. The lowest BCUT2D eigenvalue weighted by molar-refractivity contribution is 0.196. The molecule has 0 aromatic heterocycles. The standard InChI is InChI=1S/C14H32N2/c1-7-8-14(15-6)11-16(9-12(2)3)10-13(4)5/h12-15H,7-11H2,1-6H3. The van der Waals surface area contributed by atoms with Crippen LogP contribution in [0.2, 0.25) is 0 Å². The van der Waals surface area contributed by atoms with Crippen LogP contribution in [0.5, 0.6) is 0 Å². The van der Waals surface area contributed by atoms with Gasteiger partial charge in [0.1, 0.15) is 0 Å². The number of rotatable bonds is 9. The van der Waals surface area contributed by atoms with E-state index in [1.807, 2.05) is 0 Å². The lowest BCUT2D eigenvalue weighted by Gasteiger charge is -2.30. The van der Waals surface area contributed by atoms with Crippen molar-refractivity contribution in [2.75, 3.05) is 26.7 Å². The molecule has 0 heterocycles. The van der Waals surface area contributed by atoms with Crippen LogP contribution in [0.15, 0.2) is 0 Å². The van der Waals surface area contributed by atoms with E-state index in [-0.39, 0.29) is 0 Å². The molecule has 0 spiro atoms. The Hall–Kier alpha value is -0.0800. The first kappa shape index (κ1) is 15.9. The SMILES string of the molecule is CCCC(CN(CC(C)C)CC(C)C)NC. The Balaban J connectivity index is 4.15. The van der Waals surface area contributed by atoms with Crippen LogP contribution in [0.3, 0.4) is 0 Å². The third kappa shape index (κ3) is 8.12. The van der Waals surface area contributed by atoms with Crippen molar-refractivity contribution in [2.45, 2.75) is 53.5 Å². The van der Waals surface area contributed by atoms with Crippen LogP contribution in [0, 0.1) is 11.8 Å².